The van der Waals surface area contributed by atoms with E-state index in [2.05, 4.69) is 34.2 Å². The van der Waals surface area contributed by atoms with Crippen molar-refractivity contribution in [1.29, 1.82) is 0 Å². The van der Waals surface area contributed by atoms with E-state index in [-0.39, 0.29) is 18.2 Å². The van der Waals surface area contributed by atoms with Crippen LogP contribution in [0.15, 0.2) is 65.5 Å². The van der Waals surface area contributed by atoms with Gasteiger partial charge in [0.05, 0.1) is 30.2 Å². The second kappa shape index (κ2) is 9.42. The molecule has 1 saturated heterocycles. The second-order valence-corrected chi connectivity index (χ2v) is 9.20. The number of aromatic nitrogens is 5. The summed E-state index contributed by atoms with van der Waals surface area (Å²) in [6.45, 7) is 6.89. The monoisotopic (exact) mass is 489 g/mol. The number of carboxylic acid groups (broad SMARTS) is 1. The van der Waals surface area contributed by atoms with Crippen LogP contribution in [0.5, 0.6) is 0 Å². The van der Waals surface area contributed by atoms with E-state index in [0.717, 1.165) is 11.4 Å². The van der Waals surface area contributed by atoms with E-state index < -0.39 is 11.5 Å². The van der Waals surface area contributed by atoms with E-state index in [4.69, 9.17) is 4.42 Å². The molecule has 5 rings (SSSR count). The van der Waals surface area contributed by atoms with Crippen LogP contribution < -0.4 is 0 Å². The Morgan fingerprint density at radius 3 is 2.53 bits per heavy atom. The van der Waals surface area contributed by atoms with Crippen molar-refractivity contribution in [2.45, 2.75) is 25.9 Å². The van der Waals surface area contributed by atoms with Crippen LogP contribution in [-0.2, 0) is 12.1 Å². The first-order chi connectivity index (χ1) is 17.3. The molecule has 36 heavy (non-hydrogen) atoms. The second-order valence-electron chi connectivity index (χ2n) is 9.20. The van der Waals surface area contributed by atoms with Crippen molar-refractivity contribution in [2.24, 2.45) is 0 Å². The molecular weight excluding hydrogens is 462 g/mol. The van der Waals surface area contributed by atoms with Crippen LogP contribution in [0.2, 0.25) is 0 Å². The molecular formula is C25H27N7O4. The van der Waals surface area contributed by atoms with Gasteiger partial charge < -0.3 is 14.4 Å². The lowest BCUT2D eigenvalue weighted by Crippen LogP contribution is -2.54. The zero-order valence-electron chi connectivity index (χ0n) is 20.1. The van der Waals surface area contributed by atoms with Crippen LogP contribution in [0.4, 0.5) is 0 Å². The van der Waals surface area contributed by atoms with Crippen LogP contribution in [0.25, 0.3) is 5.69 Å². The average molecular weight is 490 g/mol. The molecule has 0 atom stereocenters. The third kappa shape index (κ3) is 4.52. The highest BCUT2D eigenvalue weighted by Gasteiger charge is 2.35. The van der Waals surface area contributed by atoms with Gasteiger partial charge in [-0.3, -0.25) is 9.69 Å². The van der Waals surface area contributed by atoms with Gasteiger partial charge in [-0.2, -0.15) is 5.10 Å². The van der Waals surface area contributed by atoms with Crippen molar-refractivity contribution in [2.75, 3.05) is 26.2 Å². The average Bonchev–Trinajstić information content (AvgIpc) is 3.66. The molecule has 11 heteroatoms. The van der Waals surface area contributed by atoms with Crippen molar-refractivity contribution in [1.82, 2.24) is 34.6 Å². The molecule has 1 fully saturated rings. The Hall–Kier alpha value is -4.25. The van der Waals surface area contributed by atoms with E-state index in [9.17, 15) is 14.7 Å². The molecule has 0 radical (unpaired) electrons. The van der Waals surface area contributed by atoms with Crippen molar-refractivity contribution in [3.05, 3.63) is 83.8 Å². The van der Waals surface area contributed by atoms with Crippen LogP contribution in [0.3, 0.4) is 0 Å². The highest BCUT2D eigenvalue weighted by molar-refractivity contribution is 5.92. The molecule has 1 amide bonds. The third-order valence-corrected chi connectivity index (χ3v) is 6.63. The van der Waals surface area contributed by atoms with E-state index in [1.165, 1.54) is 6.26 Å². The number of aromatic carboxylic acids is 1. The molecule has 1 aliphatic rings. The Morgan fingerprint density at radius 2 is 1.81 bits per heavy atom. The van der Waals surface area contributed by atoms with Crippen molar-refractivity contribution < 1.29 is 19.1 Å². The lowest BCUT2D eigenvalue weighted by molar-refractivity contribution is 0.0374. The number of para-hydroxylation sites is 1. The van der Waals surface area contributed by atoms with Crippen LogP contribution >= 0.6 is 0 Å². The number of rotatable bonds is 7. The number of hydrogen-bond acceptors (Lipinski definition) is 7. The Morgan fingerprint density at radius 1 is 1.06 bits per heavy atom. The zero-order valence-corrected chi connectivity index (χ0v) is 20.1. The van der Waals surface area contributed by atoms with Gasteiger partial charge in [-0.05, 0) is 38.1 Å². The SMILES string of the molecule is CC(C)(c1cn(Cc2ccoc2C(=O)O)nn1)N1CCN(C(=O)c2ccn(-c3ccccc3)n2)CC1. The molecule has 0 aliphatic carbocycles. The maximum absolute atomic E-state index is 13.1. The minimum Gasteiger partial charge on any atom is -0.475 e. The summed E-state index contributed by atoms with van der Waals surface area (Å²) in [5.41, 5.74) is 2.20. The molecule has 0 unspecified atom stereocenters. The minimum atomic E-state index is -1.12. The molecule has 11 nitrogen and oxygen atoms in total. The number of furan rings is 1. The predicted octanol–water partition coefficient (Wildman–Crippen LogP) is 2.50. The van der Waals surface area contributed by atoms with Crippen molar-refractivity contribution in [3.8, 4) is 5.69 Å². The summed E-state index contributed by atoms with van der Waals surface area (Å²) in [6.07, 6.45) is 4.98. The lowest BCUT2D eigenvalue weighted by atomic mass is 9.97. The van der Waals surface area contributed by atoms with Gasteiger partial charge >= 0.3 is 5.97 Å². The highest BCUT2D eigenvalue weighted by Crippen LogP contribution is 2.27. The Balaban J connectivity index is 1.21. The summed E-state index contributed by atoms with van der Waals surface area (Å²) in [5.74, 6) is -1.29. The van der Waals surface area contributed by atoms with Gasteiger partial charge in [0.1, 0.15) is 5.69 Å². The first-order valence-corrected chi connectivity index (χ1v) is 11.7. The summed E-state index contributed by atoms with van der Waals surface area (Å²) in [4.78, 5) is 28.5. The summed E-state index contributed by atoms with van der Waals surface area (Å²) in [6, 6.07) is 13.1. The first-order valence-electron chi connectivity index (χ1n) is 11.7. The maximum Gasteiger partial charge on any atom is 0.372 e. The number of carboxylic acids is 1. The molecule has 0 spiro atoms. The maximum atomic E-state index is 13.1. The summed E-state index contributed by atoms with van der Waals surface area (Å²) in [7, 11) is 0. The smallest absolute Gasteiger partial charge is 0.372 e. The van der Waals surface area contributed by atoms with E-state index >= 15 is 0 Å². The molecule has 1 N–H and O–H groups in total. The summed E-state index contributed by atoms with van der Waals surface area (Å²) in [5, 5.41) is 22.3. The third-order valence-electron chi connectivity index (χ3n) is 6.63. The topological polar surface area (TPSA) is 123 Å². The summed E-state index contributed by atoms with van der Waals surface area (Å²) >= 11 is 0. The van der Waals surface area contributed by atoms with E-state index in [1.54, 1.807) is 27.7 Å². The standard InChI is InChI=1S/C25H27N7O4/c1-25(2,21-17-31(28-26-21)16-18-9-15-36-22(18)24(34)35)30-13-11-29(12-14-30)23(33)20-8-10-32(27-20)19-6-4-3-5-7-19/h3-10,15,17H,11-14,16H2,1-2H3,(H,34,35). The molecule has 186 valence electrons. The summed E-state index contributed by atoms with van der Waals surface area (Å²) < 4.78 is 8.36. The largest absolute Gasteiger partial charge is 0.475 e. The number of hydrogen-bond donors (Lipinski definition) is 1. The van der Waals surface area contributed by atoms with Gasteiger partial charge in [-0.15, -0.1) is 5.10 Å². The van der Waals surface area contributed by atoms with Crippen molar-refractivity contribution in [3.63, 3.8) is 0 Å². The van der Waals surface area contributed by atoms with Gasteiger partial charge in [-0.25, -0.2) is 14.2 Å². The van der Waals surface area contributed by atoms with Crippen LogP contribution in [0, 0.1) is 0 Å². The highest BCUT2D eigenvalue weighted by atomic mass is 16.4. The van der Waals surface area contributed by atoms with Gasteiger partial charge in [0, 0.05) is 37.9 Å². The van der Waals surface area contributed by atoms with Gasteiger partial charge in [-0.1, -0.05) is 23.4 Å². The molecule has 1 aliphatic heterocycles. The molecule has 3 aromatic heterocycles. The number of benzene rings is 1. The Bertz CT molecular complexity index is 1360. The first kappa shape index (κ1) is 23.5. The molecule has 1 aromatic carbocycles. The Labute approximate surface area is 207 Å². The Kier molecular flexibility index (Phi) is 6.15. The minimum absolute atomic E-state index is 0.0811. The fourth-order valence-corrected chi connectivity index (χ4v) is 4.43. The van der Waals surface area contributed by atoms with E-state index in [1.807, 2.05) is 41.4 Å². The molecule has 0 bridgehead atoms. The number of amides is 1. The molecule has 4 heterocycles. The van der Waals surface area contributed by atoms with Gasteiger partial charge in [0.15, 0.2) is 5.69 Å². The number of piperazine rings is 1. The van der Waals surface area contributed by atoms with Crippen LogP contribution in [-0.4, -0.2) is 77.7 Å². The van der Waals surface area contributed by atoms with Crippen molar-refractivity contribution >= 4 is 11.9 Å². The van der Waals surface area contributed by atoms with Crippen LogP contribution in [0.1, 0.15) is 46.1 Å². The number of carbonyl (C=O) groups is 2. The fraction of sp³-hybridized carbons (Fsp3) is 0.320. The van der Waals surface area contributed by atoms with E-state index in [0.29, 0.717) is 37.4 Å². The van der Waals surface area contributed by atoms with Gasteiger partial charge in [0.2, 0.25) is 5.76 Å². The zero-order chi connectivity index (χ0) is 25.3. The molecule has 4 aromatic rings. The number of carbonyl (C=O) groups excluding carboxylic acids is 1. The normalized spacial score (nSPS) is 14.8. The fourth-order valence-electron chi connectivity index (χ4n) is 4.43. The van der Waals surface area contributed by atoms with Gasteiger partial charge in [0.25, 0.3) is 5.91 Å². The number of nitrogens with zero attached hydrogens (tertiary/aromatic N) is 7. The lowest BCUT2D eigenvalue weighted by Gasteiger charge is -2.42. The quantitative estimate of drug-likeness (QED) is 0.420. The predicted molar refractivity (Wildman–Crippen MR) is 129 cm³/mol. The molecule has 0 saturated carbocycles.